The second-order valence-electron chi connectivity index (χ2n) is 4.31. The molecule has 1 atom stereocenters. The van der Waals surface area contributed by atoms with Gasteiger partial charge in [-0.3, -0.25) is 0 Å². The average Bonchev–Trinajstić information content (AvgIpc) is 2.19. The first kappa shape index (κ1) is 10.8. The van der Waals surface area contributed by atoms with Gasteiger partial charge in [-0.2, -0.15) is 11.8 Å². The summed E-state index contributed by atoms with van der Waals surface area (Å²) in [5.74, 6) is 2.31. The van der Waals surface area contributed by atoms with Crippen LogP contribution in [0, 0.1) is 0 Å². The number of hydrogen-bond donors (Lipinski definition) is 2. The van der Waals surface area contributed by atoms with Crippen molar-refractivity contribution in [3.8, 4) is 0 Å². The molecule has 2 rings (SSSR count). The largest absolute Gasteiger partial charge is 0.454 e. The van der Waals surface area contributed by atoms with E-state index in [4.69, 9.17) is 4.74 Å². The summed E-state index contributed by atoms with van der Waals surface area (Å²) in [7, 11) is -1.16. The van der Waals surface area contributed by atoms with E-state index in [2.05, 4.69) is 0 Å². The topological polar surface area (TPSA) is 49.7 Å². The third-order valence-electron chi connectivity index (χ3n) is 3.36. The van der Waals surface area contributed by atoms with E-state index >= 15 is 0 Å². The molecule has 0 radical (unpaired) electrons. The lowest BCUT2D eigenvalue weighted by Gasteiger charge is -2.43. The summed E-state index contributed by atoms with van der Waals surface area (Å²) < 4.78 is 5.85. The van der Waals surface area contributed by atoms with Gasteiger partial charge in [-0.25, -0.2) is 0 Å². The molecule has 2 N–H and O–H groups in total. The van der Waals surface area contributed by atoms with Gasteiger partial charge in [0.15, 0.2) is 0 Å². The van der Waals surface area contributed by atoms with Gasteiger partial charge in [-0.1, -0.05) is 0 Å². The smallest absolute Gasteiger partial charge is 0.427 e. The Balaban J connectivity index is 1.97. The van der Waals surface area contributed by atoms with Crippen LogP contribution in [-0.4, -0.2) is 40.9 Å². The van der Waals surface area contributed by atoms with Gasteiger partial charge < -0.3 is 14.8 Å². The van der Waals surface area contributed by atoms with Crippen LogP contribution in [0.15, 0.2) is 0 Å². The molecule has 5 heteroatoms. The monoisotopic (exact) mass is 216 g/mol. The molecule has 2 heterocycles. The maximum Gasteiger partial charge on any atom is 0.454 e. The number of ether oxygens (including phenoxy) is 1. The van der Waals surface area contributed by atoms with Crippen LogP contribution >= 0.6 is 11.8 Å². The molecule has 0 aromatic carbocycles. The van der Waals surface area contributed by atoms with Gasteiger partial charge in [-0.15, -0.1) is 0 Å². The number of hydrogen-bond acceptors (Lipinski definition) is 4. The lowest BCUT2D eigenvalue weighted by Crippen LogP contribution is -2.44. The first-order valence-electron chi connectivity index (χ1n) is 5.30. The highest BCUT2D eigenvalue weighted by atomic mass is 32.2. The van der Waals surface area contributed by atoms with Crippen molar-refractivity contribution in [1.82, 2.24) is 0 Å². The van der Waals surface area contributed by atoms with E-state index in [0.717, 1.165) is 37.2 Å². The molecule has 3 nitrogen and oxygen atoms in total. The molecule has 2 fully saturated rings. The lowest BCUT2D eigenvalue weighted by molar-refractivity contribution is -0.0853. The van der Waals surface area contributed by atoms with E-state index in [1.807, 2.05) is 11.8 Å². The lowest BCUT2D eigenvalue weighted by atomic mass is 9.64. The predicted molar refractivity (Wildman–Crippen MR) is 58.4 cm³/mol. The van der Waals surface area contributed by atoms with Crippen molar-refractivity contribution in [2.75, 3.05) is 18.1 Å². The summed E-state index contributed by atoms with van der Waals surface area (Å²) in [6.07, 6.45) is 3.75. The summed E-state index contributed by atoms with van der Waals surface area (Å²) in [4.78, 5) is 0. The van der Waals surface area contributed by atoms with E-state index in [1.54, 1.807) is 0 Å². The van der Waals surface area contributed by atoms with Crippen LogP contribution in [0.3, 0.4) is 0 Å². The van der Waals surface area contributed by atoms with E-state index in [1.165, 1.54) is 0 Å². The Morgan fingerprint density at radius 3 is 2.64 bits per heavy atom. The van der Waals surface area contributed by atoms with Crippen LogP contribution in [0.4, 0.5) is 0 Å². The van der Waals surface area contributed by atoms with E-state index in [-0.39, 0.29) is 11.4 Å². The van der Waals surface area contributed by atoms with Crippen molar-refractivity contribution >= 4 is 18.9 Å². The molecule has 0 aromatic heterocycles. The molecule has 2 saturated heterocycles. The van der Waals surface area contributed by atoms with Crippen molar-refractivity contribution in [3.05, 3.63) is 0 Å². The van der Waals surface area contributed by atoms with E-state index in [9.17, 15) is 10.0 Å². The SMILES string of the molecule is OB(O)C1CCOC2(CCSCC2)C1. The predicted octanol–water partition coefficient (Wildman–Crippen LogP) is 0.906. The average molecular weight is 216 g/mol. The molecule has 0 bridgehead atoms. The Bertz CT molecular complexity index is 189. The first-order chi connectivity index (χ1) is 6.72. The molecular weight excluding hydrogens is 199 g/mol. The van der Waals surface area contributed by atoms with Crippen LogP contribution in [0.2, 0.25) is 5.82 Å². The second-order valence-corrected chi connectivity index (χ2v) is 5.54. The minimum Gasteiger partial charge on any atom is -0.427 e. The van der Waals surface area contributed by atoms with Crippen LogP contribution in [0.5, 0.6) is 0 Å². The molecule has 2 aliphatic rings. The molecular formula is C9H17BO3S. The third kappa shape index (κ3) is 2.27. The third-order valence-corrected chi connectivity index (χ3v) is 4.34. The standard InChI is InChI=1S/C9H17BO3S/c11-10(12)8-1-4-13-9(7-8)2-5-14-6-3-9/h8,11-12H,1-7H2. The van der Waals surface area contributed by atoms with Gasteiger partial charge in [0.25, 0.3) is 0 Å². The second kappa shape index (κ2) is 4.43. The highest BCUT2D eigenvalue weighted by Crippen LogP contribution is 2.42. The molecule has 0 amide bonds. The summed E-state index contributed by atoms with van der Waals surface area (Å²) in [5, 5.41) is 18.4. The number of thioether (sulfide) groups is 1. The molecule has 1 unspecified atom stereocenters. The molecule has 2 aliphatic heterocycles. The normalized spacial score (nSPS) is 31.7. The van der Waals surface area contributed by atoms with Gasteiger partial charge in [-0.05, 0) is 43.0 Å². The highest BCUT2D eigenvalue weighted by Gasteiger charge is 2.41. The highest BCUT2D eigenvalue weighted by molar-refractivity contribution is 7.99. The van der Waals surface area contributed by atoms with Crippen molar-refractivity contribution in [2.45, 2.75) is 37.1 Å². The molecule has 0 saturated carbocycles. The van der Waals surface area contributed by atoms with Crippen LogP contribution in [-0.2, 0) is 4.74 Å². The van der Waals surface area contributed by atoms with Gasteiger partial charge >= 0.3 is 7.12 Å². The van der Waals surface area contributed by atoms with E-state index in [0.29, 0.717) is 6.61 Å². The molecule has 14 heavy (non-hydrogen) atoms. The van der Waals surface area contributed by atoms with Crippen molar-refractivity contribution in [3.63, 3.8) is 0 Å². The summed E-state index contributed by atoms with van der Waals surface area (Å²) >= 11 is 1.97. The minimum absolute atomic E-state index is 0.0202. The van der Waals surface area contributed by atoms with Gasteiger partial charge in [0, 0.05) is 6.61 Å². The molecule has 0 aromatic rings. The zero-order chi connectivity index (χ0) is 10.0. The zero-order valence-corrected chi connectivity index (χ0v) is 9.13. The molecule has 0 aliphatic carbocycles. The Morgan fingerprint density at radius 2 is 2.00 bits per heavy atom. The number of rotatable bonds is 1. The zero-order valence-electron chi connectivity index (χ0n) is 8.32. The van der Waals surface area contributed by atoms with Gasteiger partial charge in [0.2, 0.25) is 0 Å². The summed E-state index contributed by atoms with van der Waals surface area (Å²) in [6.45, 7) is 0.687. The molecule has 80 valence electrons. The first-order valence-corrected chi connectivity index (χ1v) is 6.45. The fourth-order valence-electron chi connectivity index (χ4n) is 2.41. The Kier molecular flexibility index (Phi) is 3.42. The van der Waals surface area contributed by atoms with Crippen LogP contribution in [0.25, 0.3) is 0 Å². The van der Waals surface area contributed by atoms with Crippen molar-refractivity contribution in [2.24, 2.45) is 0 Å². The summed E-state index contributed by atoms with van der Waals surface area (Å²) in [5.41, 5.74) is -0.0299. The Hall–Kier alpha value is 0.295. The fraction of sp³-hybridized carbons (Fsp3) is 1.00. The van der Waals surface area contributed by atoms with Gasteiger partial charge in [0.1, 0.15) is 0 Å². The Labute approximate surface area is 89.4 Å². The fourth-order valence-corrected chi connectivity index (χ4v) is 3.65. The van der Waals surface area contributed by atoms with Gasteiger partial charge in [0.05, 0.1) is 5.60 Å². The quantitative estimate of drug-likeness (QED) is 0.639. The summed E-state index contributed by atoms with van der Waals surface area (Å²) in [6, 6.07) is 0. The van der Waals surface area contributed by atoms with Crippen LogP contribution in [0.1, 0.15) is 25.7 Å². The van der Waals surface area contributed by atoms with Crippen LogP contribution < -0.4 is 0 Å². The minimum atomic E-state index is -1.16. The van der Waals surface area contributed by atoms with Crippen molar-refractivity contribution < 1.29 is 14.8 Å². The molecule has 1 spiro atoms. The van der Waals surface area contributed by atoms with Crippen molar-refractivity contribution in [1.29, 1.82) is 0 Å². The van der Waals surface area contributed by atoms with E-state index < -0.39 is 7.12 Å². The maximum absolute atomic E-state index is 9.19. The Morgan fingerprint density at radius 1 is 1.29 bits per heavy atom. The maximum atomic E-state index is 9.19.